The van der Waals surface area contributed by atoms with Gasteiger partial charge in [-0.05, 0) is 35.9 Å². The second-order valence-corrected chi connectivity index (χ2v) is 7.88. The van der Waals surface area contributed by atoms with Gasteiger partial charge in [-0.3, -0.25) is 4.79 Å². The molecule has 4 rings (SSSR count). The summed E-state index contributed by atoms with van der Waals surface area (Å²) in [6.07, 6.45) is 0. The summed E-state index contributed by atoms with van der Waals surface area (Å²) in [5.74, 6) is 0.567. The van der Waals surface area contributed by atoms with Crippen molar-refractivity contribution in [3.05, 3.63) is 106 Å². The molecular weight excluding hydrogens is 416 g/mol. The summed E-state index contributed by atoms with van der Waals surface area (Å²) in [6.45, 7) is 0.881. The van der Waals surface area contributed by atoms with Crippen molar-refractivity contribution >= 4 is 28.8 Å². The molecule has 1 N–H and O–H groups in total. The number of ether oxygens (including phenoxy) is 1. The maximum Gasteiger partial charge on any atom is 0.271 e. The Balaban J connectivity index is 1.36. The highest BCUT2D eigenvalue weighted by atomic mass is 35.5. The minimum Gasteiger partial charge on any atom is -0.489 e. The van der Waals surface area contributed by atoms with Crippen LogP contribution >= 0.6 is 22.9 Å². The maximum absolute atomic E-state index is 12.4. The Bertz CT molecular complexity index is 1130. The van der Waals surface area contributed by atoms with E-state index in [1.807, 2.05) is 78.9 Å². The first-order chi connectivity index (χ1) is 14.7. The monoisotopic (exact) mass is 434 g/mol. The fraction of sp³-hybridized carbons (Fsp3) is 0.0833. The molecule has 4 aromatic rings. The molecule has 1 amide bonds. The first kappa shape index (κ1) is 20.1. The van der Waals surface area contributed by atoms with E-state index in [-0.39, 0.29) is 5.91 Å². The lowest BCUT2D eigenvalue weighted by Crippen LogP contribution is -2.23. The molecule has 0 atom stereocenters. The number of nitrogens with one attached hydrogen (secondary N) is 1. The second-order valence-electron chi connectivity index (χ2n) is 6.61. The fourth-order valence-electron chi connectivity index (χ4n) is 2.85. The van der Waals surface area contributed by atoms with E-state index in [9.17, 15) is 4.79 Å². The largest absolute Gasteiger partial charge is 0.489 e. The van der Waals surface area contributed by atoms with Gasteiger partial charge in [-0.15, -0.1) is 11.3 Å². The Morgan fingerprint density at radius 1 is 0.967 bits per heavy atom. The van der Waals surface area contributed by atoms with E-state index in [1.165, 1.54) is 11.3 Å². The molecule has 0 bridgehead atoms. The molecule has 3 aromatic carbocycles. The van der Waals surface area contributed by atoms with Crippen LogP contribution in [-0.4, -0.2) is 10.9 Å². The van der Waals surface area contributed by atoms with Gasteiger partial charge in [-0.2, -0.15) is 0 Å². The third-order valence-electron chi connectivity index (χ3n) is 4.49. The Kier molecular flexibility index (Phi) is 6.42. The summed E-state index contributed by atoms with van der Waals surface area (Å²) in [5.41, 5.74) is 3.35. The molecular formula is C24H19ClN2O2S. The summed E-state index contributed by atoms with van der Waals surface area (Å²) in [4.78, 5) is 16.8. The lowest BCUT2D eigenvalue weighted by Gasteiger charge is -2.08. The normalized spacial score (nSPS) is 10.6. The number of nitrogens with zero attached hydrogens (tertiary/aromatic N) is 1. The summed E-state index contributed by atoms with van der Waals surface area (Å²) < 4.78 is 5.82. The quantitative estimate of drug-likeness (QED) is 0.389. The highest BCUT2D eigenvalue weighted by Crippen LogP contribution is 2.26. The number of amides is 1. The summed E-state index contributed by atoms with van der Waals surface area (Å²) >= 11 is 7.60. The zero-order chi connectivity index (χ0) is 20.8. The van der Waals surface area contributed by atoms with Crippen LogP contribution in [0.5, 0.6) is 5.75 Å². The van der Waals surface area contributed by atoms with Gasteiger partial charge in [0.2, 0.25) is 0 Å². The van der Waals surface area contributed by atoms with Crippen LogP contribution < -0.4 is 10.1 Å². The standard InChI is InChI=1S/C24H19ClN2O2S/c25-21-9-5-4-8-19(21)15-29-20-12-10-18(11-13-20)24-27-22(16-30-24)23(28)26-14-17-6-2-1-3-7-17/h1-13,16H,14-15H2,(H,26,28). The number of carbonyl (C=O) groups is 1. The van der Waals surface area contributed by atoms with Gasteiger partial charge in [0.25, 0.3) is 5.91 Å². The summed E-state index contributed by atoms with van der Waals surface area (Å²) in [6, 6.07) is 25.1. The van der Waals surface area contributed by atoms with E-state index in [0.717, 1.165) is 27.4 Å². The van der Waals surface area contributed by atoms with Gasteiger partial charge in [0.15, 0.2) is 0 Å². The molecule has 0 spiro atoms. The van der Waals surface area contributed by atoms with Crippen LogP contribution in [0.4, 0.5) is 0 Å². The van der Waals surface area contributed by atoms with E-state index in [0.29, 0.717) is 23.9 Å². The zero-order valence-corrected chi connectivity index (χ0v) is 17.6. The molecule has 0 unspecified atom stereocenters. The predicted octanol–water partition coefficient (Wildman–Crippen LogP) is 5.97. The molecule has 0 aliphatic rings. The average molecular weight is 435 g/mol. The highest BCUT2D eigenvalue weighted by Gasteiger charge is 2.12. The van der Waals surface area contributed by atoms with Gasteiger partial charge in [-0.25, -0.2) is 4.98 Å². The molecule has 1 heterocycles. The van der Waals surface area contributed by atoms with Gasteiger partial charge in [0, 0.05) is 28.1 Å². The topological polar surface area (TPSA) is 51.2 Å². The molecule has 0 saturated heterocycles. The van der Waals surface area contributed by atoms with Crippen LogP contribution in [0.1, 0.15) is 21.6 Å². The molecule has 1 aromatic heterocycles. The average Bonchev–Trinajstić information content (AvgIpc) is 3.28. The Labute approximate surface area is 184 Å². The number of rotatable bonds is 7. The number of benzene rings is 3. The Morgan fingerprint density at radius 2 is 1.70 bits per heavy atom. The van der Waals surface area contributed by atoms with Crippen LogP contribution in [0.25, 0.3) is 10.6 Å². The maximum atomic E-state index is 12.4. The number of hydrogen-bond donors (Lipinski definition) is 1. The van der Waals surface area contributed by atoms with Crippen molar-refractivity contribution in [1.29, 1.82) is 0 Å². The van der Waals surface area contributed by atoms with Crippen LogP contribution in [0.3, 0.4) is 0 Å². The third-order valence-corrected chi connectivity index (χ3v) is 5.75. The van der Waals surface area contributed by atoms with Crippen LogP contribution in [0.2, 0.25) is 5.02 Å². The van der Waals surface area contributed by atoms with Crippen molar-refractivity contribution in [2.45, 2.75) is 13.2 Å². The minimum absolute atomic E-state index is 0.180. The zero-order valence-electron chi connectivity index (χ0n) is 16.0. The van der Waals surface area contributed by atoms with Crippen LogP contribution in [0.15, 0.2) is 84.2 Å². The van der Waals surface area contributed by atoms with Crippen molar-refractivity contribution in [1.82, 2.24) is 10.3 Å². The van der Waals surface area contributed by atoms with Crippen molar-refractivity contribution < 1.29 is 9.53 Å². The van der Waals surface area contributed by atoms with E-state index in [1.54, 1.807) is 5.38 Å². The summed E-state index contributed by atoms with van der Waals surface area (Å²) in [7, 11) is 0. The van der Waals surface area contributed by atoms with E-state index >= 15 is 0 Å². The lowest BCUT2D eigenvalue weighted by molar-refractivity contribution is 0.0946. The lowest BCUT2D eigenvalue weighted by atomic mass is 10.2. The van der Waals surface area contributed by atoms with E-state index < -0.39 is 0 Å². The molecule has 6 heteroatoms. The van der Waals surface area contributed by atoms with Crippen LogP contribution in [0, 0.1) is 0 Å². The van der Waals surface area contributed by atoms with Crippen molar-refractivity contribution in [2.75, 3.05) is 0 Å². The second kappa shape index (κ2) is 9.57. The van der Waals surface area contributed by atoms with Crippen LogP contribution in [-0.2, 0) is 13.2 Å². The van der Waals surface area contributed by atoms with Gasteiger partial charge < -0.3 is 10.1 Å². The smallest absolute Gasteiger partial charge is 0.271 e. The van der Waals surface area contributed by atoms with E-state index in [4.69, 9.17) is 16.3 Å². The number of halogens is 1. The van der Waals surface area contributed by atoms with Gasteiger partial charge in [0.05, 0.1) is 0 Å². The van der Waals surface area contributed by atoms with Gasteiger partial charge in [-0.1, -0.05) is 60.1 Å². The predicted molar refractivity (Wildman–Crippen MR) is 121 cm³/mol. The SMILES string of the molecule is O=C(NCc1ccccc1)c1csc(-c2ccc(OCc3ccccc3Cl)cc2)n1. The Hall–Kier alpha value is -3.15. The molecule has 30 heavy (non-hydrogen) atoms. The first-order valence-corrected chi connectivity index (χ1v) is 10.7. The van der Waals surface area contributed by atoms with Gasteiger partial charge >= 0.3 is 0 Å². The molecule has 4 nitrogen and oxygen atoms in total. The highest BCUT2D eigenvalue weighted by molar-refractivity contribution is 7.13. The number of carbonyl (C=O) groups excluding carboxylic acids is 1. The molecule has 0 fully saturated rings. The molecule has 150 valence electrons. The summed E-state index contributed by atoms with van der Waals surface area (Å²) in [5, 5.41) is 6.15. The molecule has 0 aliphatic carbocycles. The number of thiazole rings is 1. The third kappa shape index (κ3) is 5.06. The molecule has 0 saturated carbocycles. The number of aromatic nitrogens is 1. The van der Waals surface area contributed by atoms with Crippen molar-refractivity contribution in [2.24, 2.45) is 0 Å². The van der Waals surface area contributed by atoms with Crippen molar-refractivity contribution in [3.63, 3.8) is 0 Å². The number of hydrogen-bond acceptors (Lipinski definition) is 4. The molecule has 0 radical (unpaired) electrons. The Morgan fingerprint density at radius 3 is 2.47 bits per heavy atom. The minimum atomic E-state index is -0.180. The van der Waals surface area contributed by atoms with Gasteiger partial charge in [0.1, 0.15) is 23.1 Å². The van der Waals surface area contributed by atoms with Crippen molar-refractivity contribution in [3.8, 4) is 16.3 Å². The molecule has 0 aliphatic heterocycles. The van der Waals surface area contributed by atoms with E-state index in [2.05, 4.69) is 10.3 Å². The fourth-order valence-corrected chi connectivity index (χ4v) is 3.85. The first-order valence-electron chi connectivity index (χ1n) is 9.43.